The average Bonchev–Trinajstić information content (AvgIpc) is 2.28. The molecule has 1 unspecified atom stereocenters. The zero-order valence-electron chi connectivity index (χ0n) is 12.5. The second-order valence-electron chi connectivity index (χ2n) is 6.98. The summed E-state index contributed by atoms with van der Waals surface area (Å²) in [6, 6.07) is 0. The molecular formula is C15H30N2O. The van der Waals surface area contributed by atoms with Crippen LogP contribution in [0, 0.1) is 11.3 Å². The van der Waals surface area contributed by atoms with Crippen LogP contribution in [0.5, 0.6) is 0 Å². The van der Waals surface area contributed by atoms with Crippen molar-refractivity contribution in [2.24, 2.45) is 11.3 Å². The minimum absolute atomic E-state index is 0.383. The van der Waals surface area contributed by atoms with E-state index in [1.807, 2.05) is 0 Å². The van der Waals surface area contributed by atoms with Crippen molar-refractivity contribution < 1.29 is 4.74 Å². The van der Waals surface area contributed by atoms with E-state index in [0.717, 1.165) is 19.0 Å². The summed E-state index contributed by atoms with van der Waals surface area (Å²) in [5.74, 6) is 0.819. The lowest BCUT2D eigenvalue weighted by Crippen LogP contribution is -2.51. The molecule has 3 nitrogen and oxygen atoms in total. The highest BCUT2D eigenvalue weighted by molar-refractivity contribution is 4.87. The Morgan fingerprint density at radius 3 is 2.44 bits per heavy atom. The van der Waals surface area contributed by atoms with Gasteiger partial charge in [-0.05, 0) is 51.1 Å². The third-order valence-electron chi connectivity index (χ3n) is 4.53. The van der Waals surface area contributed by atoms with Crippen molar-refractivity contribution in [2.75, 3.05) is 32.7 Å². The third kappa shape index (κ3) is 3.69. The van der Waals surface area contributed by atoms with Gasteiger partial charge in [-0.15, -0.1) is 0 Å². The fourth-order valence-corrected chi connectivity index (χ4v) is 3.64. The van der Waals surface area contributed by atoms with Gasteiger partial charge in [0, 0.05) is 19.6 Å². The maximum Gasteiger partial charge on any atom is 0.0678 e. The first-order valence-corrected chi connectivity index (χ1v) is 7.56. The van der Waals surface area contributed by atoms with Gasteiger partial charge in [0.05, 0.1) is 12.2 Å². The normalized spacial score (nSPS) is 35.7. The molecule has 0 aromatic carbocycles. The number of nitrogens with zero attached hydrogens (tertiary/aromatic N) is 1. The molecule has 0 bridgehead atoms. The molecule has 0 spiro atoms. The fraction of sp³-hybridized carbons (Fsp3) is 1.00. The molecule has 0 amide bonds. The van der Waals surface area contributed by atoms with Gasteiger partial charge in [0.15, 0.2) is 0 Å². The Morgan fingerprint density at radius 1 is 1.22 bits per heavy atom. The fourth-order valence-electron chi connectivity index (χ4n) is 3.64. The van der Waals surface area contributed by atoms with Crippen LogP contribution in [0.3, 0.4) is 0 Å². The number of piperidine rings is 1. The number of ether oxygens (including phenoxy) is 1. The highest BCUT2D eigenvalue weighted by Crippen LogP contribution is 2.33. The molecule has 2 aliphatic rings. The zero-order valence-corrected chi connectivity index (χ0v) is 12.5. The third-order valence-corrected chi connectivity index (χ3v) is 4.53. The van der Waals surface area contributed by atoms with Crippen LogP contribution in [-0.4, -0.2) is 49.8 Å². The van der Waals surface area contributed by atoms with Crippen molar-refractivity contribution in [2.45, 2.75) is 52.7 Å². The highest BCUT2D eigenvalue weighted by atomic mass is 16.5. The van der Waals surface area contributed by atoms with Crippen molar-refractivity contribution >= 4 is 0 Å². The topological polar surface area (TPSA) is 24.5 Å². The van der Waals surface area contributed by atoms with E-state index in [4.69, 9.17) is 4.74 Å². The summed E-state index contributed by atoms with van der Waals surface area (Å²) >= 11 is 0. The maximum atomic E-state index is 5.82. The Bertz CT molecular complexity index is 251. The van der Waals surface area contributed by atoms with Crippen LogP contribution in [0.15, 0.2) is 0 Å². The molecule has 2 heterocycles. The number of morpholine rings is 1. The molecule has 106 valence electrons. The minimum Gasteiger partial charge on any atom is -0.373 e. The van der Waals surface area contributed by atoms with Crippen LogP contribution in [0.2, 0.25) is 0 Å². The quantitative estimate of drug-likeness (QED) is 0.835. The van der Waals surface area contributed by atoms with Crippen molar-refractivity contribution in [3.63, 3.8) is 0 Å². The summed E-state index contributed by atoms with van der Waals surface area (Å²) < 4.78 is 5.82. The lowest BCUT2D eigenvalue weighted by atomic mass is 9.74. The summed E-state index contributed by atoms with van der Waals surface area (Å²) in [4.78, 5) is 2.60. The second kappa shape index (κ2) is 5.89. The van der Waals surface area contributed by atoms with E-state index in [0.29, 0.717) is 17.6 Å². The molecule has 0 aliphatic carbocycles. The standard InChI is InChI=1S/C15H30N2O/c1-12-9-17(10-13(2)18-12)11-15(3,4)14-6-5-7-16-8-14/h12-14,16H,5-11H2,1-4H3/t12-,13+,14?. The van der Waals surface area contributed by atoms with Gasteiger partial charge in [0.2, 0.25) is 0 Å². The second-order valence-corrected chi connectivity index (χ2v) is 6.98. The summed E-state index contributed by atoms with van der Waals surface area (Å²) in [5, 5.41) is 3.55. The molecule has 3 heteroatoms. The first kappa shape index (κ1) is 14.3. The molecule has 3 atom stereocenters. The van der Waals surface area contributed by atoms with Crippen molar-refractivity contribution in [3.05, 3.63) is 0 Å². The Hall–Kier alpha value is -0.120. The van der Waals surface area contributed by atoms with Crippen LogP contribution in [-0.2, 0) is 4.74 Å². The van der Waals surface area contributed by atoms with Gasteiger partial charge in [-0.25, -0.2) is 0 Å². The van der Waals surface area contributed by atoms with Crippen LogP contribution in [0.4, 0.5) is 0 Å². The first-order valence-electron chi connectivity index (χ1n) is 7.56. The smallest absolute Gasteiger partial charge is 0.0678 e. The van der Waals surface area contributed by atoms with E-state index in [2.05, 4.69) is 37.9 Å². The lowest BCUT2D eigenvalue weighted by molar-refractivity contribution is -0.0800. The summed E-state index contributed by atoms with van der Waals surface area (Å²) in [6.45, 7) is 15.1. The van der Waals surface area contributed by atoms with E-state index < -0.39 is 0 Å². The Balaban J connectivity index is 1.89. The molecule has 2 rings (SSSR count). The highest BCUT2D eigenvalue weighted by Gasteiger charge is 2.34. The van der Waals surface area contributed by atoms with Crippen LogP contribution in [0.1, 0.15) is 40.5 Å². The van der Waals surface area contributed by atoms with Crippen LogP contribution in [0.25, 0.3) is 0 Å². The SMILES string of the molecule is C[C@@H]1CN(CC(C)(C)C2CCCNC2)C[C@H](C)O1. The molecular weight excluding hydrogens is 224 g/mol. The van der Waals surface area contributed by atoms with Gasteiger partial charge < -0.3 is 10.1 Å². The molecule has 1 N–H and O–H groups in total. The molecule has 2 fully saturated rings. The number of hydrogen-bond donors (Lipinski definition) is 1. The first-order chi connectivity index (χ1) is 8.47. The monoisotopic (exact) mass is 254 g/mol. The van der Waals surface area contributed by atoms with Gasteiger partial charge in [-0.3, -0.25) is 4.90 Å². The van der Waals surface area contributed by atoms with Crippen molar-refractivity contribution in [3.8, 4) is 0 Å². The number of rotatable bonds is 3. The summed E-state index contributed by atoms with van der Waals surface area (Å²) in [6.07, 6.45) is 3.49. The molecule has 0 aromatic heterocycles. The van der Waals surface area contributed by atoms with E-state index in [-0.39, 0.29) is 0 Å². The van der Waals surface area contributed by atoms with E-state index in [1.54, 1.807) is 0 Å². The van der Waals surface area contributed by atoms with Gasteiger partial charge in [0.25, 0.3) is 0 Å². The maximum absolute atomic E-state index is 5.82. The Morgan fingerprint density at radius 2 is 1.89 bits per heavy atom. The average molecular weight is 254 g/mol. The zero-order chi connectivity index (χ0) is 13.2. The van der Waals surface area contributed by atoms with Crippen LogP contribution < -0.4 is 5.32 Å². The van der Waals surface area contributed by atoms with E-state index in [9.17, 15) is 0 Å². The predicted molar refractivity (Wildman–Crippen MR) is 75.8 cm³/mol. The number of nitrogens with one attached hydrogen (secondary N) is 1. The molecule has 0 saturated carbocycles. The number of hydrogen-bond acceptors (Lipinski definition) is 3. The predicted octanol–water partition coefficient (Wildman–Crippen LogP) is 2.12. The molecule has 2 saturated heterocycles. The van der Waals surface area contributed by atoms with Crippen molar-refractivity contribution in [1.29, 1.82) is 0 Å². The summed E-state index contributed by atoms with van der Waals surface area (Å²) in [5.41, 5.74) is 0.407. The molecule has 0 aromatic rings. The Kier molecular flexibility index (Phi) is 4.68. The summed E-state index contributed by atoms with van der Waals surface area (Å²) in [7, 11) is 0. The minimum atomic E-state index is 0.383. The lowest BCUT2D eigenvalue weighted by Gasteiger charge is -2.44. The van der Waals surface area contributed by atoms with Gasteiger partial charge >= 0.3 is 0 Å². The van der Waals surface area contributed by atoms with E-state index in [1.165, 1.54) is 32.5 Å². The Labute approximate surface area is 112 Å². The molecule has 2 aliphatic heterocycles. The van der Waals surface area contributed by atoms with E-state index >= 15 is 0 Å². The largest absolute Gasteiger partial charge is 0.373 e. The van der Waals surface area contributed by atoms with Crippen molar-refractivity contribution in [1.82, 2.24) is 10.2 Å². The molecule has 18 heavy (non-hydrogen) atoms. The molecule has 0 radical (unpaired) electrons. The van der Waals surface area contributed by atoms with Gasteiger partial charge in [-0.1, -0.05) is 13.8 Å². The van der Waals surface area contributed by atoms with Gasteiger partial charge in [-0.2, -0.15) is 0 Å². The van der Waals surface area contributed by atoms with Gasteiger partial charge in [0.1, 0.15) is 0 Å². The van der Waals surface area contributed by atoms with Crippen LogP contribution >= 0.6 is 0 Å².